The van der Waals surface area contributed by atoms with Crippen LogP contribution in [0.3, 0.4) is 0 Å². The van der Waals surface area contributed by atoms with Gasteiger partial charge in [0.15, 0.2) is 0 Å². The molecule has 4 rings (SSSR count). The highest BCUT2D eigenvalue weighted by molar-refractivity contribution is 5.92. The maximum atomic E-state index is 4.59. The maximum Gasteiger partial charge on any atom is 0.113 e. The number of rotatable bonds is 13. The van der Waals surface area contributed by atoms with E-state index in [0.29, 0.717) is 0 Å². The SMILES string of the molecule is CCCCCCn1cc(-c2c(C)cccc2-c2cccc(C)c2-c2cn(CCCCCC)nn2)nn1. The Bertz CT molecular complexity index is 1150. The quantitative estimate of drug-likeness (QED) is 0.183. The van der Waals surface area contributed by atoms with Crippen molar-refractivity contribution in [3.8, 4) is 33.6 Å². The molecule has 6 heteroatoms. The highest BCUT2D eigenvalue weighted by Crippen LogP contribution is 2.40. The lowest BCUT2D eigenvalue weighted by molar-refractivity contribution is 0.527. The molecule has 4 aromatic rings. The Hall–Kier alpha value is -3.28. The second-order valence-corrected chi connectivity index (χ2v) is 9.85. The molecule has 0 amide bonds. The molecule has 0 aliphatic heterocycles. The minimum Gasteiger partial charge on any atom is -0.252 e. The molecule has 0 unspecified atom stereocenters. The second-order valence-electron chi connectivity index (χ2n) is 9.85. The maximum absolute atomic E-state index is 4.59. The first-order valence-electron chi connectivity index (χ1n) is 13.6. The Kier molecular flexibility index (Phi) is 9.04. The first-order valence-corrected chi connectivity index (χ1v) is 13.6. The van der Waals surface area contributed by atoms with Gasteiger partial charge in [0.05, 0.1) is 12.4 Å². The van der Waals surface area contributed by atoms with Crippen molar-refractivity contribution in [1.82, 2.24) is 30.0 Å². The molecule has 0 spiro atoms. The van der Waals surface area contributed by atoms with Gasteiger partial charge in [-0.15, -0.1) is 10.2 Å². The van der Waals surface area contributed by atoms with Crippen LogP contribution in [0, 0.1) is 13.8 Å². The molecule has 0 N–H and O–H groups in total. The molecule has 0 saturated heterocycles. The molecule has 2 aromatic heterocycles. The summed E-state index contributed by atoms with van der Waals surface area (Å²) in [7, 11) is 0. The highest BCUT2D eigenvalue weighted by Gasteiger charge is 2.19. The van der Waals surface area contributed by atoms with Gasteiger partial charge >= 0.3 is 0 Å². The van der Waals surface area contributed by atoms with Crippen molar-refractivity contribution in [2.45, 2.75) is 92.2 Å². The molecular formula is C30H40N6. The van der Waals surface area contributed by atoms with Gasteiger partial charge < -0.3 is 0 Å². The summed E-state index contributed by atoms with van der Waals surface area (Å²) >= 11 is 0. The van der Waals surface area contributed by atoms with Crippen LogP contribution in [0.5, 0.6) is 0 Å². The van der Waals surface area contributed by atoms with Crippen LogP contribution in [0.25, 0.3) is 33.6 Å². The fourth-order valence-corrected chi connectivity index (χ4v) is 4.91. The Labute approximate surface area is 215 Å². The monoisotopic (exact) mass is 484 g/mol. The Morgan fingerprint density at radius 2 is 1.03 bits per heavy atom. The number of aromatic nitrogens is 6. The third kappa shape index (κ3) is 6.10. The molecule has 0 aliphatic rings. The molecule has 2 aromatic carbocycles. The van der Waals surface area contributed by atoms with E-state index in [1.54, 1.807) is 0 Å². The van der Waals surface area contributed by atoms with E-state index in [2.05, 4.69) is 97.1 Å². The number of nitrogens with zero attached hydrogens (tertiary/aromatic N) is 6. The molecule has 0 saturated carbocycles. The van der Waals surface area contributed by atoms with Crippen LogP contribution >= 0.6 is 0 Å². The Balaban J connectivity index is 1.67. The fourth-order valence-electron chi connectivity index (χ4n) is 4.91. The molecule has 36 heavy (non-hydrogen) atoms. The standard InChI is InChI=1S/C30H40N6/c1-5-7-9-11-19-35-21-27(31-33-35)29-23(3)15-13-17-25(29)26-18-14-16-24(4)30(26)28-22-36(34-32-28)20-12-10-8-6-2/h13-18,21-22H,5-12,19-20H2,1-4H3. The van der Waals surface area contributed by atoms with Gasteiger partial charge in [0.2, 0.25) is 0 Å². The van der Waals surface area contributed by atoms with Gasteiger partial charge in [-0.1, -0.05) is 99.2 Å². The summed E-state index contributed by atoms with van der Waals surface area (Å²) in [6.45, 7) is 10.6. The van der Waals surface area contributed by atoms with Gasteiger partial charge in [-0.3, -0.25) is 9.36 Å². The molecule has 2 heterocycles. The zero-order valence-corrected chi connectivity index (χ0v) is 22.4. The van der Waals surface area contributed by atoms with Gasteiger partial charge in [0.25, 0.3) is 0 Å². The van der Waals surface area contributed by atoms with E-state index < -0.39 is 0 Å². The fraction of sp³-hybridized carbons (Fsp3) is 0.467. The van der Waals surface area contributed by atoms with Gasteiger partial charge in [0.1, 0.15) is 11.4 Å². The van der Waals surface area contributed by atoms with Crippen LogP contribution in [0.15, 0.2) is 48.8 Å². The molecule has 0 fully saturated rings. The zero-order valence-electron chi connectivity index (χ0n) is 22.4. The molecule has 6 nitrogen and oxygen atoms in total. The Morgan fingerprint density at radius 1 is 0.583 bits per heavy atom. The van der Waals surface area contributed by atoms with Gasteiger partial charge in [-0.2, -0.15) is 0 Å². The smallest absolute Gasteiger partial charge is 0.113 e. The van der Waals surface area contributed by atoms with E-state index in [9.17, 15) is 0 Å². The molecule has 0 aliphatic carbocycles. The minimum absolute atomic E-state index is 0.908. The minimum atomic E-state index is 0.908. The summed E-state index contributed by atoms with van der Waals surface area (Å²) in [6.07, 6.45) is 13.9. The van der Waals surface area contributed by atoms with E-state index >= 15 is 0 Å². The van der Waals surface area contributed by atoms with Crippen LogP contribution in [0.2, 0.25) is 0 Å². The van der Waals surface area contributed by atoms with Crippen molar-refractivity contribution >= 4 is 0 Å². The lowest BCUT2D eigenvalue weighted by atomic mass is 9.89. The largest absolute Gasteiger partial charge is 0.252 e. The van der Waals surface area contributed by atoms with E-state index in [0.717, 1.165) is 59.6 Å². The lowest BCUT2D eigenvalue weighted by Gasteiger charge is -2.15. The summed E-state index contributed by atoms with van der Waals surface area (Å²) in [6, 6.07) is 12.9. The first kappa shape index (κ1) is 25.8. The van der Waals surface area contributed by atoms with E-state index in [4.69, 9.17) is 0 Å². The predicted octanol–water partition coefficient (Wildman–Crippen LogP) is 7.65. The lowest BCUT2D eigenvalue weighted by Crippen LogP contribution is -1.98. The number of aryl methyl sites for hydroxylation is 4. The average molecular weight is 485 g/mol. The number of hydrogen-bond donors (Lipinski definition) is 0. The molecular weight excluding hydrogens is 444 g/mol. The van der Waals surface area contributed by atoms with Crippen molar-refractivity contribution in [3.05, 3.63) is 59.9 Å². The normalized spacial score (nSPS) is 11.3. The van der Waals surface area contributed by atoms with E-state index in [1.807, 2.05) is 9.36 Å². The molecule has 0 atom stereocenters. The second kappa shape index (κ2) is 12.6. The van der Waals surface area contributed by atoms with Crippen LogP contribution in [-0.4, -0.2) is 30.0 Å². The van der Waals surface area contributed by atoms with Crippen molar-refractivity contribution < 1.29 is 0 Å². The van der Waals surface area contributed by atoms with Crippen LogP contribution in [-0.2, 0) is 13.1 Å². The van der Waals surface area contributed by atoms with Gasteiger partial charge in [0, 0.05) is 24.2 Å². The summed E-state index contributed by atoms with van der Waals surface area (Å²) < 4.78 is 3.98. The molecule has 0 radical (unpaired) electrons. The number of hydrogen-bond acceptors (Lipinski definition) is 4. The van der Waals surface area contributed by atoms with Gasteiger partial charge in [-0.25, -0.2) is 0 Å². The molecule has 190 valence electrons. The number of unbranched alkanes of at least 4 members (excludes halogenated alkanes) is 6. The third-order valence-corrected chi connectivity index (χ3v) is 6.91. The van der Waals surface area contributed by atoms with Crippen LogP contribution < -0.4 is 0 Å². The highest BCUT2D eigenvalue weighted by atomic mass is 15.4. The molecule has 0 bridgehead atoms. The van der Waals surface area contributed by atoms with Crippen molar-refractivity contribution in [1.29, 1.82) is 0 Å². The van der Waals surface area contributed by atoms with Gasteiger partial charge in [-0.05, 0) is 48.9 Å². The summed E-state index contributed by atoms with van der Waals surface area (Å²) in [4.78, 5) is 0. The third-order valence-electron chi connectivity index (χ3n) is 6.91. The van der Waals surface area contributed by atoms with Crippen molar-refractivity contribution in [2.75, 3.05) is 0 Å². The summed E-state index contributed by atoms with van der Waals surface area (Å²) in [5.41, 5.74) is 8.81. The predicted molar refractivity (Wildman–Crippen MR) is 148 cm³/mol. The van der Waals surface area contributed by atoms with E-state index in [-0.39, 0.29) is 0 Å². The Morgan fingerprint density at radius 3 is 1.44 bits per heavy atom. The average Bonchev–Trinajstić information content (AvgIpc) is 3.54. The van der Waals surface area contributed by atoms with Crippen molar-refractivity contribution in [2.24, 2.45) is 0 Å². The summed E-state index contributed by atoms with van der Waals surface area (Å²) in [5.74, 6) is 0. The van der Waals surface area contributed by atoms with Crippen molar-refractivity contribution in [3.63, 3.8) is 0 Å². The number of benzene rings is 2. The van der Waals surface area contributed by atoms with Crippen LogP contribution in [0.1, 0.15) is 76.3 Å². The zero-order chi connectivity index (χ0) is 25.3. The topological polar surface area (TPSA) is 61.4 Å². The van der Waals surface area contributed by atoms with E-state index in [1.165, 1.54) is 49.7 Å². The summed E-state index contributed by atoms with van der Waals surface area (Å²) in [5, 5.41) is 18.1. The van der Waals surface area contributed by atoms with Crippen LogP contribution in [0.4, 0.5) is 0 Å². The first-order chi connectivity index (χ1) is 17.6.